The molecule has 2 heterocycles. The fraction of sp³-hybridized carbons (Fsp3) is 0.818. The van der Waals surface area contributed by atoms with Crippen molar-refractivity contribution in [3.8, 4) is 0 Å². The van der Waals surface area contributed by atoms with E-state index in [-0.39, 0.29) is 0 Å². The Bertz CT molecular complexity index is 353. The number of piperidine rings is 1. The molecule has 1 N–H and O–H groups in total. The summed E-state index contributed by atoms with van der Waals surface area (Å²) in [5.41, 5.74) is 0. The highest BCUT2D eigenvalue weighted by Gasteiger charge is 2.21. The Hall–Kier alpha value is -0.720. The van der Waals surface area contributed by atoms with Crippen LogP contribution >= 0.6 is 11.3 Å². The second kappa shape index (κ2) is 5.75. The molecule has 0 radical (unpaired) electrons. The molecule has 96 valence electrons. The number of hydrogen-bond acceptors (Lipinski definition) is 6. The lowest BCUT2D eigenvalue weighted by Gasteiger charge is -2.35. The van der Waals surface area contributed by atoms with Crippen molar-refractivity contribution in [2.45, 2.75) is 25.4 Å². The molecular weight excluding hydrogens is 234 g/mol. The summed E-state index contributed by atoms with van der Waals surface area (Å²) in [6.45, 7) is 3.29. The first kappa shape index (κ1) is 12.7. The molecule has 0 bridgehead atoms. The summed E-state index contributed by atoms with van der Waals surface area (Å²) in [6.07, 6.45) is 2.59. The Morgan fingerprint density at radius 2 is 2.35 bits per heavy atom. The van der Waals surface area contributed by atoms with Crippen LogP contribution in [0.5, 0.6) is 0 Å². The van der Waals surface area contributed by atoms with Crippen LogP contribution in [0.25, 0.3) is 0 Å². The van der Waals surface area contributed by atoms with Gasteiger partial charge in [-0.3, -0.25) is 4.90 Å². The highest BCUT2D eigenvalue weighted by atomic mass is 32.1. The van der Waals surface area contributed by atoms with Crippen molar-refractivity contribution in [3.63, 3.8) is 0 Å². The van der Waals surface area contributed by atoms with E-state index in [1.165, 1.54) is 19.4 Å². The molecule has 1 aliphatic rings. The van der Waals surface area contributed by atoms with Gasteiger partial charge in [0.15, 0.2) is 0 Å². The van der Waals surface area contributed by atoms with Crippen LogP contribution in [0.3, 0.4) is 0 Å². The maximum absolute atomic E-state index is 4.19. The first-order chi connectivity index (χ1) is 8.19. The lowest BCUT2D eigenvalue weighted by Crippen LogP contribution is -2.44. The molecule has 1 aromatic heterocycles. The van der Waals surface area contributed by atoms with E-state index in [4.69, 9.17) is 0 Å². The van der Waals surface area contributed by atoms with Crippen LogP contribution in [0, 0.1) is 0 Å². The van der Waals surface area contributed by atoms with Crippen LogP contribution in [0.2, 0.25) is 0 Å². The molecule has 2 rings (SSSR count). The molecule has 5 nitrogen and oxygen atoms in total. The van der Waals surface area contributed by atoms with Crippen LogP contribution in [0.1, 0.15) is 17.8 Å². The molecule has 0 spiro atoms. The summed E-state index contributed by atoms with van der Waals surface area (Å²) in [7, 11) is 6.26. The molecule has 1 saturated heterocycles. The summed E-state index contributed by atoms with van der Waals surface area (Å²) in [5.74, 6) is 0. The number of likely N-dealkylation sites (tertiary alicyclic amines) is 1. The zero-order valence-electron chi connectivity index (χ0n) is 10.8. The van der Waals surface area contributed by atoms with Crippen molar-refractivity contribution in [1.29, 1.82) is 0 Å². The lowest BCUT2D eigenvalue weighted by atomic mass is 10.1. The number of rotatable bonds is 4. The number of nitrogens with zero attached hydrogens (tertiary/aromatic N) is 4. The second-order valence-electron chi connectivity index (χ2n) is 4.72. The summed E-state index contributed by atoms with van der Waals surface area (Å²) in [5, 5.41) is 13.3. The average molecular weight is 255 g/mol. The fourth-order valence-corrected chi connectivity index (χ4v) is 3.02. The van der Waals surface area contributed by atoms with Crippen molar-refractivity contribution < 1.29 is 0 Å². The summed E-state index contributed by atoms with van der Waals surface area (Å²) >= 11 is 1.64. The molecule has 1 atom stereocenters. The number of likely N-dealkylation sites (N-methyl/N-ethyl adjacent to an activating group) is 2. The van der Waals surface area contributed by atoms with Gasteiger partial charge in [0.2, 0.25) is 5.13 Å². The van der Waals surface area contributed by atoms with E-state index in [0.717, 1.165) is 23.2 Å². The van der Waals surface area contributed by atoms with Crippen molar-refractivity contribution >= 4 is 16.5 Å². The smallest absolute Gasteiger partial charge is 0.205 e. The Morgan fingerprint density at radius 1 is 1.53 bits per heavy atom. The Labute approximate surface area is 107 Å². The second-order valence-corrected chi connectivity index (χ2v) is 5.79. The Morgan fingerprint density at radius 3 is 3.00 bits per heavy atom. The van der Waals surface area contributed by atoms with E-state index in [1.54, 1.807) is 11.3 Å². The van der Waals surface area contributed by atoms with Crippen LogP contribution < -0.4 is 5.32 Å². The van der Waals surface area contributed by atoms with Crippen molar-refractivity contribution in [2.24, 2.45) is 0 Å². The standard InChI is InChI=1S/C11H21N5S/c1-12-11-14-13-10(17-11)8-16(3)9-5-4-6-15(2)7-9/h9H,4-8H2,1-3H3,(H,12,14). The van der Waals surface area contributed by atoms with Crippen LogP contribution in [-0.2, 0) is 6.54 Å². The van der Waals surface area contributed by atoms with Gasteiger partial charge in [-0.15, -0.1) is 10.2 Å². The van der Waals surface area contributed by atoms with E-state index >= 15 is 0 Å². The maximum Gasteiger partial charge on any atom is 0.205 e. The monoisotopic (exact) mass is 255 g/mol. The molecule has 0 aromatic carbocycles. The molecule has 6 heteroatoms. The van der Waals surface area contributed by atoms with E-state index in [1.807, 2.05) is 7.05 Å². The molecule has 1 aromatic rings. The lowest BCUT2D eigenvalue weighted by molar-refractivity contribution is 0.129. The van der Waals surface area contributed by atoms with Gasteiger partial charge in [-0.25, -0.2) is 0 Å². The van der Waals surface area contributed by atoms with Gasteiger partial charge in [0.05, 0.1) is 6.54 Å². The van der Waals surface area contributed by atoms with Gasteiger partial charge in [-0.05, 0) is 33.5 Å². The summed E-state index contributed by atoms with van der Waals surface area (Å²) in [4.78, 5) is 4.80. The number of aromatic nitrogens is 2. The summed E-state index contributed by atoms with van der Waals surface area (Å²) in [6, 6.07) is 0.649. The molecule has 0 saturated carbocycles. The van der Waals surface area contributed by atoms with E-state index in [9.17, 15) is 0 Å². The van der Waals surface area contributed by atoms with Gasteiger partial charge in [0.1, 0.15) is 5.01 Å². The van der Waals surface area contributed by atoms with E-state index in [2.05, 4.69) is 39.4 Å². The zero-order chi connectivity index (χ0) is 12.3. The highest BCUT2D eigenvalue weighted by molar-refractivity contribution is 7.15. The van der Waals surface area contributed by atoms with Gasteiger partial charge in [-0.2, -0.15) is 0 Å². The Balaban J connectivity index is 1.89. The summed E-state index contributed by atoms with van der Waals surface area (Å²) < 4.78 is 0. The third kappa shape index (κ3) is 3.37. The van der Waals surface area contributed by atoms with Crippen LogP contribution in [-0.4, -0.2) is 60.3 Å². The van der Waals surface area contributed by atoms with Gasteiger partial charge in [0.25, 0.3) is 0 Å². The number of nitrogens with one attached hydrogen (secondary N) is 1. The normalized spacial score (nSPS) is 22.0. The zero-order valence-corrected chi connectivity index (χ0v) is 11.6. The largest absolute Gasteiger partial charge is 0.363 e. The molecular formula is C11H21N5S. The topological polar surface area (TPSA) is 44.3 Å². The molecule has 17 heavy (non-hydrogen) atoms. The minimum absolute atomic E-state index is 0.649. The fourth-order valence-electron chi connectivity index (χ4n) is 2.26. The first-order valence-electron chi connectivity index (χ1n) is 6.08. The van der Waals surface area contributed by atoms with Gasteiger partial charge < -0.3 is 10.2 Å². The van der Waals surface area contributed by atoms with Gasteiger partial charge in [-0.1, -0.05) is 11.3 Å². The molecule has 1 unspecified atom stereocenters. The maximum atomic E-state index is 4.19. The third-order valence-corrected chi connectivity index (χ3v) is 4.21. The molecule has 1 fully saturated rings. The van der Waals surface area contributed by atoms with Crippen molar-refractivity contribution in [1.82, 2.24) is 20.0 Å². The van der Waals surface area contributed by atoms with Crippen LogP contribution in [0.4, 0.5) is 5.13 Å². The minimum Gasteiger partial charge on any atom is -0.363 e. The minimum atomic E-state index is 0.649. The Kier molecular flexibility index (Phi) is 4.31. The first-order valence-corrected chi connectivity index (χ1v) is 6.89. The highest BCUT2D eigenvalue weighted by Crippen LogP contribution is 2.19. The van der Waals surface area contributed by atoms with Crippen molar-refractivity contribution in [2.75, 3.05) is 39.5 Å². The predicted molar refractivity (Wildman–Crippen MR) is 71.4 cm³/mol. The number of hydrogen-bond donors (Lipinski definition) is 1. The van der Waals surface area contributed by atoms with Crippen LogP contribution in [0.15, 0.2) is 0 Å². The molecule has 0 aliphatic carbocycles. The predicted octanol–water partition coefficient (Wildman–Crippen LogP) is 1.11. The molecule has 0 amide bonds. The SMILES string of the molecule is CNc1nnc(CN(C)C2CCCN(C)C2)s1. The van der Waals surface area contributed by atoms with E-state index < -0.39 is 0 Å². The van der Waals surface area contributed by atoms with Gasteiger partial charge >= 0.3 is 0 Å². The molecule has 1 aliphatic heterocycles. The third-order valence-electron chi connectivity index (χ3n) is 3.29. The van der Waals surface area contributed by atoms with Crippen molar-refractivity contribution in [3.05, 3.63) is 5.01 Å². The van der Waals surface area contributed by atoms with Gasteiger partial charge in [0, 0.05) is 19.6 Å². The number of anilines is 1. The average Bonchev–Trinajstić information content (AvgIpc) is 2.77. The van der Waals surface area contributed by atoms with E-state index in [0.29, 0.717) is 6.04 Å². The quantitative estimate of drug-likeness (QED) is 0.873.